The first-order chi connectivity index (χ1) is 14.0. The van der Waals surface area contributed by atoms with E-state index in [1.807, 2.05) is 10.4 Å². The number of amides is 1. The topological polar surface area (TPSA) is 79.0 Å². The maximum atomic E-state index is 14.0. The molecule has 29 heavy (non-hydrogen) atoms. The lowest BCUT2D eigenvalue weighted by molar-refractivity contribution is -0.122. The van der Waals surface area contributed by atoms with Gasteiger partial charge in [0.25, 0.3) is 0 Å². The minimum absolute atomic E-state index is 0.244. The van der Waals surface area contributed by atoms with E-state index in [1.165, 1.54) is 10.4 Å². The number of para-hydroxylation sites is 1. The number of nitrogens with zero attached hydrogens (tertiary/aromatic N) is 2. The van der Waals surface area contributed by atoms with Gasteiger partial charge in [0.05, 0.1) is 5.69 Å². The Bertz CT molecular complexity index is 815. The van der Waals surface area contributed by atoms with Crippen LogP contribution in [0, 0.1) is 17.7 Å². The molecule has 1 atom stereocenters. The number of anilines is 1. The number of piperazine rings is 1. The summed E-state index contributed by atoms with van der Waals surface area (Å²) < 4.78 is 40.9. The number of carbonyl (C=O) groups excluding carboxylic acids is 1. The third kappa shape index (κ3) is 7.31. The molecule has 0 bridgehead atoms. The molecule has 0 spiro atoms. The number of halogens is 1. The minimum atomic E-state index is -3.65. The summed E-state index contributed by atoms with van der Waals surface area (Å²) in [4.78, 5) is 17.4. The van der Waals surface area contributed by atoms with Crippen LogP contribution in [0.5, 0.6) is 0 Å². The predicted octanol–water partition coefficient (Wildman–Crippen LogP) is 1.91. The van der Waals surface area contributed by atoms with Crippen LogP contribution < -0.4 is 10.4 Å². The van der Waals surface area contributed by atoms with E-state index in [0.29, 0.717) is 31.6 Å². The molecule has 1 aromatic rings. The van der Waals surface area contributed by atoms with E-state index < -0.39 is 16.1 Å². The van der Waals surface area contributed by atoms with Gasteiger partial charge in [0.1, 0.15) is 11.6 Å². The summed E-state index contributed by atoms with van der Waals surface area (Å²) in [6, 6.07) is 6.45. The monoisotopic (exact) mass is 425 g/mol. The number of unbranched alkanes of at least 4 members (excludes halogenated alkanes) is 3. The fraction of sp³-hybridized carbons (Fsp3) is 0.550. The van der Waals surface area contributed by atoms with E-state index in [2.05, 4.69) is 18.8 Å². The molecule has 0 radical (unpaired) electrons. The van der Waals surface area contributed by atoms with Crippen molar-refractivity contribution in [1.29, 1.82) is 0 Å². The van der Waals surface area contributed by atoms with Crippen molar-refractivity contribution in [3.8, 4) is 11.8 Å². The molecule has 1 amide bonds. The molecule has 1 saturated heterocycles. The highest BCUT2D eigenvalue weighted by atomic mass is 32.2. The molecule has 160 valence electrons. The van der Waals surface area contributed by atoms with Crippen LogP contribution in [0.2, 0.25) is 0 Å². The fourth-order valence-corrected chi connectivity index (χ4v) is 4.54. The van der Waals surface area contributed by atoms with E-state index in [-0.39, 0.29) is 24.7 Å². The lowest BCUT2D eigenvalue weighted by Crippen LogP contribution is -2.50. The maximum Gasteiger partial charge on any atom is 0.230 e. The van der Waals surface area contributed by atoms with Crippen LogP contribution in [0.4, 0.5) is 10.1 Å². The first-order valence-electron chi connectivity index (χ1n) is 9.78. The summed E-state index contributed by atoms with van der Waals surface area (Å²) in [5, 5.41) is 0. The SMILES string of the molecule is CCCCCC#CC(CS(=O)(=O)N1CCN(c2ccccc2F)CC1)ONC=O. The third-order valence-electron chi connectivity index (χ3n) is 4.61. The Hall–Kier alpha value is -2.15. The molecule has 2 rings (SSSR count). The lowest BCUT2D eigenvalue weighted by Gasteiger charge is -2.35. The van der Waals surface area contributed by atoms with Gasteiger partial charge < -0.3 is 4.90 Å². The van der Waals surface area contributed by atoms with Gasteiger partial charge in [-0.2, -0.15) is 4.31 Å². The van der Waals surface area contributed by atoms with E-state index >= 15 is 0 Å². The number of hydrogen-bond acceptors (Lipinski definition) is 5. The number of sulfonamides is 1. The molecule has 9 heteroatoms. The summed E-state index contributed by atoms with van der Waals surface area (Å²) >= 11 is 0. The zero-order valence-electron chi connectivity index (χ0n) is 16.6. The lowest BCUT2D eigenvalue weighted by atomic mass is 10.2. The van der Waals surface area contributed by atoms with E-state index in [0.717, 1.165) is 19.3 Å². The molecule has 1 aromatic carbocycles. The average molecular weight is 426 g/mol. The molecule has 1 fully saturated rings. The number of nitrogens with one attached hydrogen (secondary N) is 1. The zero-order chi connectivity index (χ0) is 21.1. The van der Waals surface area contributed by atoms with Gasteiger partial charge in [-0.25, -0.2) is 18.3 Å². The van der Waals surface area contributed by atoms with Crippen LogP contribution in [0.1, 0.15) is 32.6 Å². The van der Waals surface area contributed by atoms with Gasteiger partial charge in [-0.15, -0.1) is 5.92 Å². The summed E-state index contributed by atoms with van der Waals surface area (Å²) in [7, 11) is -3.65. The van der Waals surface area contributed by atoms with Crippen LogP contribution >= 0.6 is 0 Å². The van der Waals surface area contributed by atoms with Crippen molar-refractivity contribution in [3.05, 3.63) is 30.1 Å². The van der Waals surface area contributed by atoms with Gasteiger partial charge in [0.15, 0.2) is 6.10 Å². The molecule has 0 aromatic heterocycles. The fourth-order valence-electron chi connectivity index (χ4n) is 3.08. The number of benzene rings is 1. The molecular weight excluding hydrogens is 397 g/mol. The highest BCUT2D eigenvalue weighted by molar-refractivity contribution is 7.89. The van der Waals surface area contributed by atoms with Crippen molar-refractivity contribution in [2.45, 2.75) is 38.7 Å². The molecule has 0 aliphatic carbocycles. The second-order valence-electron chi connectivity index (χ2n) is 6.74. The summed E-state index contributed by atoms with van der Waals surface area (Å²) in [5.41, 5.74) is 2.52. The number of hydroxylamine groups is 1. The Morgan fingerprint density at radius 3 is 2.62 bits per heavy atom. The van der Waals surface area contributed by atoms with Crippen LogP contribution in [-0.2, 0) is 19.7 Å². The minimum Gasteiger partial charge on any atom is -0.367 e. The third-order valence-corrected chi connectivity index (χ3v) is 6.49. The molecular formula is C20H28FN3O4S. The molecule has 1 N–H and O–H groups in total. The Kier molecular flexibility index (Phi) is 9.38. The first-order valence-corrected chi connectivity index (χ1v) is 11.4. The van der Waals surface area contributed by atoms with Crippen molar-refractivity contribution in [1.82, 2.24) is 9.79 Å². The second kappa shape index (κ2) is 11.8. The number of hydrogen-bond donors (Lipinski definition) is 1. The molecule has 1 unspecified atom stereocenters. The highest BCUT2D eigenvalue weighted by Gasteiger charge is 2.30. The smallest absolute Gasteiger partial charge is 0.230 e. The Balaban J connectivity index is 1.95. The van der Waals surface area contributed by atoms with Gasteiger partial charge in [-0.3, -0.25) is 9.63 Å². The van der Waals surface area contributed by atoms with Gasteiger partial charge in [0.2, 0.25) is 16.4 Å². The van der Waals surface area contributed by atoms with E-state index in [4.69, 9.17) is 4.84 Å². The van der Waals surface area contributed by atoms with E-state index in [1.54, 1.807) is 18.2 Å². The van der Waals surface area contributed by atoms with Gasteiger partial charge in [-0.1, -0.05) is 37.8 Å². The van der Waals surface area contributed by atoms with Crippen LogP contribution in [-0.4, -0.2) is 57.2 Å². The molecule has 0 saturated carbocycles. The van der Waals surface area contributed by atoms with Crippen molar-refractivity contribution in [3.63, 3.8) is 0 Å². The zero-order valence-corrected chi connectivity index (χ0v) is 17.5. The van der Waals surface area contributed by atoms with Crippen LogP contribution in [0.3, 0.4) is 0 Å². The Morgan fingerprint density at radius 1 is 1.24 bits per heavy atom. The standard InChI is InChI=1S/C20H28FN3O4S/c1-2-3-4-5-6-9-18(28-22-17-25)16-29(26,27)24-14-12-23(13-15-24)20-11-8-7-10-19(20)21/h7-8,10-11,17-18H,2-5,12-16H2,1H3,(H,22,25). The summed E-state index contributed by atoms with van der Waals surface area (Å²) in [5.74, 6) is 5.04. The molecule has 7 nitrogen and oxygen atoms in total. The van der Waals surface area contributed by atoms with E-state index in [9.17, 15) is 17.6 Å². The first kappa shape index (κ1) is 23.1. The van der Waals surface area contributed by atoms with Gasteiger partial charge in [0, 0.05) is 32.6 Å². The number of carbonyl (C=O) groups is 1. The van der Waals surface area contributed by atoms with Crippen LogP contribution in [0.15, 0.2) is 24.3 Å². The van der Waals surface area contributed by atoms with Crippen molar-refractivity contribution < 1.29 is 22.4 Å². The summed E-state index contributed by atoms with van der Waals surface area (Å²) in [6.45, 7) is 3.36. The van der Waals surface area contributed by atoms with Crippen molar-refractivity contribution >= 4 is 22.1 Å². The quantitative estimate of drug-likeness (QED) is 0.268. The molecule has 1 aliphatic rings. The average Bonchev–Trinajstić information content (AvgIpc) is 2.72. The summed E-state index contributed by atoms with van der Waals surface area (Å²) in [6.07, 6.45) is 3.10. The Morgan fingerprint density at radius 2 is 1.97 bits per heavy atom. The maximum absolute atomic E-state index is 14.0. The molecule has 1 heterocycles. The Labute approximate surface area is 172 Å². The highest BCUT2D eigenvalue weighted by Crippen LogP contribution is 2.21. The van der Waals surface area contributed by atoms with Crippen molar-refractivity contribution in [2.75, 3.05) is 36.8 Å². The largest absolute Gasteiger partial charge is 0.367 e. The van der Waals surface area contributed by atoms with Crippen LogP contribution in [0.25, 0.3) is 0 Å². The molecule has 1 aliphatic heterocycles. The predicted molar refractivity (Wildman–Crippen MR) is 110 cm³/mol. The number of rotatable bonds is 10. The van der Waals surface area contributed by atoms with Gasteiger partial charge >= 0.3 is 0 Å². The van der Waals surface area contributed by atoms with Crippen molar-refractivity contribution in [2.24, 2.45) is 0 Å². The normalized spacial score (nSPS) is 16.0. The van der Waals surface area contributed by atoms with Gasteiger partial charge in [-0.05, 0) is 18.6 Å². The second-order valence-corrected chi connectivity index (χ2v) is 8.75.